The van der Waals surface area contributed by atoms with Crippen LogP contribution in [0.3, 0.4) is 0 Å². The molecule has 1 aromatic rings. The summed E-state index contributed by atoms with van der Waals surface area (Å²) in [6.07, 6.45) is 1.57. The molecule has 0 radical (unpaired) electrons. The molecule has 2 heterocycles. The van der Waals surface area contributed by atoms with Gasteiger partial charge in [0.2, 0.25) is 0 Å². The molecule has 1 fully saturated rings. The highest BCUT2D eigenvalue weighted by Crippen LogP contribution is 2.24. The Morgan fingerprint density at radius 2 is 2.33 bits per heavy atom. The molecule has 1 N–H and O–H groups in total. The van der Waals surface area contributed by atoms with Gasteiger partial charge in [0.15, 0.2) is 5.82 Å². The van der Waals surface area contributed by atoms with Crippen LogP contribution in [0.15, 0.2) is 16.9 Å². The van der Waals surface area contributed by atoms with Gasteiger partial charge in [0.25, 0.3) is 0 Å². The van der Waals surface area contributed by atoms with Crippen molar-refractivity contribution in [1.29, 1.82) is 0 Å². The summed E-state index contributed by atoms with van der Waals surface area (Å²) in [6, 6.07) is 1.66. The van der Waals surface area contributed by atoms with Crippen LogP contribution >= 0.6 is 15.9 Å². The van der Waals surface area contributed by atoms with Crippen molar-refractivity contribution in [3.8, 4) is 0 Å². The van der Waals surface area contributed by atoms with Crippen LogP contribution < -0.4 is 0 Å². The zero-order valence-electron chi connectivity index (χ0n) is 8.37. The molecule has 1 aliphatic rings. The van der Waals surface area contributed by atoms with Gasteiger partial charge in [-0.05, 0) is 28.9 Å². The number of hydrogen-bond acceptors (Lipinski definition) is 3. The average molecular weight is 275 g/mol. The molecule has 82 valence electrons. The van der Waals surface area contributed by atoms with E-state index in [4.69, 9.17) is 0 Å². The lowest BCUT2D eigenvalue weighted by Gasteiger charge is -2.44. The van der Waals surface area contributed by atoms with Crippen molar-refractivity contribution in [2.75, 3.05) is 13.1 Å². The first-order chi connectivity index (χ1) is 6.98. The maximum Gasteiger partial charge on any atom is 0.160 e. The first-order valence-electron chi connectivity index (χ1n) is 4.71. The topological polar surface area (TPSA) is 36.4 Å². The molecule has 15 heavy (non-hydrogen) atoms. The summed E-state index contributed by atoms with van der Waals surface area (Å²) in [5.41, 5.74) is -0.00633. The number of hydrogen-bond donors (Lipinski definition) is 1. The fourth-order valence-corrected chi connectivity index (χ4v) is 2.22. The molecule has 1 saturated heterocycles. The van der Waals surface area contributed by atoms with E-state index in [9.17, 15) is 9.50 Å². The second-order valence-electron chi connectivity index (χ2n) is 4.22. The zero-order chi connectivity index (χ0) is 11.1. The maximum atomic E-state index is 13.5. The number of β-amino-alcohol motifs (C(OH)–C–C–N with tert-alkyl or cyclic N) is 1. The van der Waals surface area contributed by atoms with E-state index in [1.165, 1.54) is 0 Å². The van der Waals surface area contributed by atoms with Crippen molar-refractivity contribution in [2.45, 2.75) is 19.1 Å². The van der Waals surface area contributed by atoms with E-state index in [1.54, 1.807) is 19.2 Å². The molecular weight excluding hydrogens is 263 g/mol. The summed E-state index contributed by atoms with van der Waals surface area (Å²) in [4.78, 5) is 5.78. The fourth-order valence-electron chi connectivity index (χ4n) is 1.85. The molecule has 2 rings (SSSR count). The first-order valence-corrected chi connectivity index (χ1v) is 5.51. The molecule has 0 atom stereocenters. The highest BCUT2D eigenvalue weighted by atomic mass is 79.9. The minimum Gasteiger partial charge on any atom is -0.388 e. The average Bonchev–Trinajstić information content (AvgIpc) is 2.10. The quantitative estimate of drug-likeness (QED) is 0.832. The molecule has 0 amide bonds. The number of aliphatic hydroxyl groups is 1. The van der Waals surface area contributed by atoms with Crippen LogP contribution in [0.5, 0.6) is 0 Å². The Balaban J connectivity index is 2.03. The lowest BCUT2D eigenvalue weighted by molar-refractivity contribution is -0.0874. The minimum absolute atomic E-state index is 0.243. The monoisotopic (exact) mass is 274 g/mol. The molecule has 0 saturated carbocycles. The Labute approximate surface area is 96.1 Å². The summed E-state index contributed by atoms with van der Waals surface area (Å²) in [5, 5.41) is 9.53. The molecule has 0 unspecified atom stereocenters. The van der Waals surface area contributed by atoms with E-state index >= 15 is 0 Å². The van der Waals surface area contributed by atoms with E-state index in [-0.39, 0.29) is 10.4 Å². The van der Waals surface area contributed by atoms with Gasteiger partial charge in [0, 0.05) is 31.4 Å². The Hall–Kier alpha value is -0.520. The number of pyridine rings is 1. The third kappa shape index (κ3) is 2.35. The highest BCUT2D eigenvalue weighted by molar-refractivity contribution is 9.10. The SMILES string of the molecule is CC1(O)CN(Cc2ccnc(Br)c2F)C1. The van der Waals surface area contributed by atoms with Crippen molar-refractivity contribution in [2.24, 2.45) is 0 Å². The number of nitrogens with zero attached hydrogens (tertiary/aromatic N) is 2. The third-order valence-electron chi connectivity index (χ3n) is 2.45. The van der Waals surface area contributed by atoms with Gasteiger partial charge >= 0.3 is 0 Å². The largest absolute Gasteiger partial charge is 0.388 e. The van der Waals surface area contributed by atoms with Gasteiger partial charge in [0.1, 0.15) is 4.60 Å². The Morgan fingerprint density at radius 1 is 1.67 bits per heavy atom. The molecule has 0 bridgehead atoms. The number of halogens is 2. The van der Waals surface area contributed by atoms with Crippen LogP contribution in [0.25, 0.3) is 0 Å². The molecule has 1 aromatic heterocycles. The van der Waals surface area contributed by atoms with E-state index < -0.39 is 5.60 Å². The highest BCUT2D eigenvalue weighted by Gasteiger charge is 2.36. The van der Waals surface area contributed by atoms with E-state index in [0.717, 1.165) is 0 Å². The van der Waals surface area contributed by atoms with E-state index in [1.807, 2.05) is 4.90 Å². The van der Waals surface area contributed by atoms with Crippen molar-refractivity contribution in [3.63, 3.8) is 0 Å². The third-order valence-corrected chi connectivity index (χ3v) is 3.00. The van der Waals surface area contributed by atoms with E-state index in [0.29, 0.717) is 25.2 Å². The Morgan fingerprint density at radius 3 is 2.93 bits per heavy atom. The molecule has 1 aliphatic heterocycles. The lowest BCUT2D eigenvalue weighted by atomic mass is 9.96. The van der Waals surface area contributed by atoms with Crippen LogP contribution in [0.4, 0.5) is 4.39 Å². The minimum atomic E-state index is -0.610. The van der Waals surface area contributed by atoms with Crippen LogP contribution in [-0.2, 0) is 6.54 Å². The molecule has 5 heteroatoms. The summed E-state index contributed by atoms with van der Waals surface area (Å²) in [6.45, 7) is 3.48. The van der Waals surface area contributed by atoms with Gasteiger partial charge < -0.3 is 5.11 Å². The summed E-state index contributed by atoms with van der Waals surface area (Å²) in [7, 11) is 0. The smallest absolute Gasteiger partial charge is 0.160 e. The number of likely N-dealkylation sites (tertiary alicyclic amines) is 1. The Bertz CT molecular complexity index is 376. The van der Waals surface area contributed by atoms with Gasteiger partial charge in [-0.3, -0.25) is 4.90 Å². The van der Waals surface area contributed by atoms with Crippen molar-refractivity contribution in [1.82, 2.24) is 9.88 Å². The first kappa shape index (κ1) is 11.0. The second kappa shape index (κ2) is 3.81. The molecule has 0 aliphatic carbocycles. The second-order valence-corrected chi connectivity index (χ2v) is 4.97. The predicted molar refractivity (Wildman–Crippen MR) is 57.8 cm³/mol. The zero-order valence-corrected chi connectivity index (χ0v) is 9.96. The summed E-state index contributed by atoms with van der Waals surface area (Å²) < 4.78 is 13.8. The van der Waals surface area contributed by atoms with Gasteiger partial charge in [-0.25, -0.2) is 9.37 Å². The Kier molecular flexibility index (Phi) is 2.79. The molecule has 0 aromatic carbocycles. The van der Waals surface area contributed by atoms with Crippen molar-refractivity contribution < 1.29 is 9.50 Å². The van der Waals surface area contributed by atoms with Gasteiger partial charge in [-0.2, -0.15) is 0 Å². The van der Waals surface area contributed by atoms with Crippen LogP contribution in [0.2, 0.25) is 0 Å². The van der Waals surface area contributed by atoms with E-state index in [2.05, 4.69) is 20.9 Å². The maximum absolute atomic E-state index is 13.5. The molecular formula is C10H12BrFN2O. The van der Waals surface area contributed by atoms with Crippen LogP contribution in [0, 0.1) is 5.82 Å². The van der Waals surface area contributed by atoms with Crippen molar-refractivity contribution in [3.05, 3.63) is 28.2 Å². The van der Waals surface area contributed by atoms with Gasteiger partial charge in [-0.15, -0.1) is 0 Å². The fraction of sp³-hybridized carbons (Fsp3) is 0.500. The predicted octanol–water partition coefficient (Wildman–Crippen LogP) is 1.55. The lowest BCUT2D eigenvalue weighted by Crippen LogP contribution is -2.59. The van der Waals surface area contributed by atoms with Gasteiger partial charge in [-0.1, -0.05) is 0 Å². The van der Waals surface area contributed by atoms with Crippen LogP contribution in [-0.4, -0.2) is 33.7 Å². The number of rotatable bonds is 2. The summed E-state index contributed by atoms with van der Waals surface area (Å²) >= 11 is 3.04. The van der Waals surface area contributed by atoms with Crippen LogP contribution in [0.1, 0.15) is 12.5 Å². The molecule has 3 nitrogen and oxygen atoms in total. The normalized spacial score (nSPS) is 20.0. The standard InChI is InChI=1S/C10H12BrFN2O/c1-10(15)5-14(6-10)4-7-2-3-13-9(11)8(7)12/h2-3,15H,4-6H2,1H3. The van der Waals surface area contributed by atoms with Crippen molar-refractivity contribution >= 4 is 15.9 Å². The van der Waals surface area contributed by atoms with Gasteiger partial charge in [0.05, 0.1) is 5.60 Å². The number of aromatic nitrogens is 1. The molecule has 0 spiro atoms. The summed E-state index contributed by atoms with van der Waals surface area (Å²) in [5.74, 6) is -0.316.